The summed E-state index contributed by atoms with van der Waals surface area (Å²) in [7, 11) is 1.67. The fraction of sp³-hybridized carbons (Fsp3) is 0.226. The third-order valence-corrected chi connectivity index (χ3v) is 8.19. The molecular weight excluding hydrogens is 464 g/mol. The van der Waals surface area contributed by atoms with Crippen molar-refractivity contribution in [2.45, 2.75) is 38.6 Å². The summed E-state index contributed by atoms with van der Waals surface area (Å²) < 4.78 is 8.00. The van der Waals surface area contributed by atoms with E-state index in [0.717, 1.165) is 40.2 Å². The number of aromatic nitrogens is 1. The third kappa shape index (κ3) is 3.84. The highest BCUT2D eigenvalue weighted by atomic mass is 32.1. The molecule has 4 nitrogen and oxygen atoms in total. The Morgan fingerprint density at radius 3 is 2.47 bits per heavy atom. The average Bonchev–Trinajstić information content (AvgIpc) is 3.22. The zero-order chi connectivity index (χ0) is 24.8. The van der Waals surface area contributed by atoms with E-state index in [1.54, 1.807) is 7.11 Å². The quantitative estimate of drug-likeness (QED) is 0.380. The minimum atomic E-state index is -0.180. The largest absolute Gasteiger partial charge is 0.497 e. The Morgan fingerprint density at radius 1 is 1.00 bits per heavy atom. The Labute approximate surface area is 214 Å². The summed E-state index contributed by atoms with van der Waals surface area (Å²) in [5, 5.41) is 0. The van der Waals surface area contributed by atoms with Crippen molar-refractivity contribution >= 4 is 23.1 Å². The van der Waals surface area contributed by atoms with Crippen molar-refractivity contribution in [3.8, 4) is 5.75 Å². The van der Waals surface area contributed by atoms with Gasteiger partial charge in [0.05, 0.1) is 23.4 Å². The van der Waals surface area contributed by atoms with E-state index in [1.165, 1.54) is 33.6 Å². The number of benzene rings is 3. The molecule has 1 aliphatic carbocycles. The van der Waals surface area contributed by atoms with Crippen LogP contribution in [-0.2, 0) is 6.42 Å². The molecule has 0 bridgehead atoms. The Hall–Kier alpha value is -3.70. The van der Waals surface area contributed by atoms with E-state index in [9.17, 15) is 4.79 Å². The predicted molar refractivity (Wildman–Crippen MR) is 146 cm³/mol. The van der Waals surface area contributed by atoms with E-state index in [-0.39, 0.29) is 11.6 Å². The van der Waals surface area contributed by atoms with Crippen LogP contribution in [0.4, 0.5) is 0 Å². The molecule has 3 aromatic carbocycles. The van der Waals surface area contributed by atoms with E-state index >= 15 is 0 Å². The highest BCUT2D eigenvalue weighted by Gasteiger charge is 2.32. The molecule has 1 aliphatic heterocycles. The van der Waals surface area contributed by atoms with Crippen LogP contribution in [0, 0.1) is 0 Å². The summed E-state index contributed by atoms with van der Waals surface area (Å²) in [6.07, 6.45) is 3.83. The molecule has 2 heterocycles. The highest BCUT2D eigenvalue weighted by molar-refractivity contribution is 7.07. The lowest BCUT2D eigenvalue weighted by molar-refractivity contribution is 0.414. The molecule has 1 aromatic heterocycles. The second-order valence-corrected chi connectivity index (χ2v) is 10.7. The Bertz CT molecular complexity index is 1660. The molecule has 1 atom stereocenters. The number of allylic oxidation sites excluding steroid dienone is 1. The molecule has 0 radical (unpaired) electrons. The number of hydrogen-bond donors (Lipinski definition) is 0. The van der Waals surface area contributed by atoms with Crippen LogP contribution >= 0.6 is 11.3 Å². The third-order valence-electron chi connectivity index (χ3n) is 7.21. The van der Waals surface area contributed by atoms with Crippen molar-refractivity contribution < 1.29 is 4.74 Å². The van der Waals surface area contributed by atoms with Crippen molar-refractivity contribution in [3.63, 3.8) is 0 Å². The lowest BCUT2D eigenvalue weighted by atomic mass is 9.83. The first-order valence-electron chi connectivity index (χ1n) is 12.4. The molecule has 0 spiro atoms. The van der Waals surface area contributed by atoms with E-state index in [1.807, 2.05) is 22.8 Å². The molecule has 0 amide bonds. The van der Waals surface area contributed by atoms with Gasteiger partial charge in [0.2, 0.25) is 0 Å². The number of methoxy groups -OCH3 is 1. The summed E-state index contributed by atoms with van der Waals surface area (Å²) in [6, 6.07) is 24.9. The lowest BCUT2D eigenvalue weighted by Gasteiger charge is -2.30. The molecule has 0 saturated heterocycles. The predicted octanol–water partition coefficient (Wildman–Crippen LogP) is 5.45. The SMILES string of the molecule is COc1ccc(C2C3=C(N=c4s/c(=C\c5ccc(C(C)C)cc5)c(=O)n42)c2ccccc2CC3)cc1. The van der Waals surface area contributed by atoms with E-state index in [0.29, 0.717) is 10.5 Å². The number of aryl methyl sites for hydroxylation is 1. The smallest absolute Gasteiger partial charge is 0.271 e. The highest BCUT2D eigenvalue weighted by Crippen LogP contribution is 2.41. The average molecular weight is 493 g/mol. The molecule has 6 rings (SSSR count). The van der Waals surface area contributed by atoms with Crippen molar-refractivity contribution in [3.05, 3.63) is 126 Å². The second-order valence-electron chi connectivity index (χ2n) is 9.71. The van der Waals surface area contributed by atoms with Crippen molar-refractivity contribution in [2.75, 3.05) is 7.11 Å². The van der Waals surface area contributed by atoms with Crippen LogP contribution in [-0.4, -0.2) is 11.7 Å². The van der Waals surface area contributed by atoms with Crippen LogP contribution in [0.15, 0.2) is 88.2 Å². The number of nitrogens with zero attached hydrogens (tertiary/aromatic N) is 2. The van der Waals surface area contributed by atoms with Crippen LogP contribution in [0.2, 0.25) is 0 Å². The molecule has 0 saturated carbocycles. The van der Waals surface area contributed by atoms with E-state index in [4.69, 9.17) is 9.73 Å². The maximum Gasteiger partial charge on any atom is 0.271 e. The Balaban J connectivity index is 1.56. The molecule has 0 fully saturated rings. The van der Waals surface area contributed by atoms with Gasteiger partial charge in [-0.1, -0.05) is 85.8 Å². The maximum absolute atomic E-state index is 13.9. The van der Waals surface area contributed by atoms with Gasteiger partial charge in [0.15, 0.2) is 4.80 Å². The summed E-state index contributed by atoms with van der Waals surface area (Å²) >= 11 is 1.47. The van der Waals surface area contributed by atoms with Crippen molar-refractivity contribution in [1.29, 1.82) is 0 Å². The molecule has 2 aliphatic rings. The number of fused-ring (bicyclic) bond motifs is 3. The minimum absolute atomic E-state index is 0.0120. The molecule has 4 aromatic rings. The zero-order valence-electron chi connectivity index (χ0n) is 20.7. The topological polar surface area (TPSA) is 43.6 Å². The molecule has 0 N–H and O–H groups in total. The number of thiazole rings is 1. The first kappa shape index (κ1) is 22.7. The summed E-state index contributed by atoms with van der Waals surface area (Å²) in [5.74, 6) is 1.28. The maximum atomic E-state index is 13.9. The lowest BCUT2D eigenvalue weighted by Crippen LogP contribution is -2.38. The van der Waals surface area contributed by atoms with Gasteiger partial charge in [-0.2, -0.15) is 0 Å². The monoisotopic (exact) mass is 492 g/mol. The van der Waals surface area contributed by atoms with Gasteiger partial charge in [-0.05, 0) is 64.8 Å². The van der Waals surface area contributed by atoms with Crippen LogP contribution in [0.25, 0.3) is 11.8 Å². The molecule has 36 heavy (non-hydrogen) atoms. The van der Waals surface area contributed by atoms with Gasteiger partial charge < -0.3 is 4.74 Å². The molecule has 180 valence electrons. The second kappa shape index (κ2) is 9.07. The normalized spacial score (nSPS) is 16.9. The van der Waals surface area contributed by atoms with Crippen molar-refractivity contribution in [1.82, 2.24) is 4.57 Å². The summed E-state index contributed by atoms with van der Waals surface area (Å²) in [6.45, 7) is 4.37. The van der Waals surface area contributed by atoms with Gasteiger partial charge in [-0.25, -0.2) is 4.99 Å². The van der Waals surface area contributed by atoms with Crippen molar-refractivity contribution in [2.24, 2.45) is 4.99 Å². The number of ether oxygens (including phenoxy) is 1. The van der Waals surface area contributed by atoms with Crippen LogP contribution < -0.4 is 19.6 Å². The van der Waals surface area contributed by atoms with Gasteiger partial charge in [-0.15, -0.1) is 0 Å². The van der Waals surface area contributed by atoms with Gasteiger partial charge in [0.25, 0.3) is 5.56 Å². The first-order chi connectivity index (χ1) is 17.5. The van der Waals surface area contributed by atoms with E-state index in [2.05, 4.69) is 74.5 Å². The fourth-order valence-electron chi connectivity index (χ4n) is 5.24. The number of rotatable bonds is 4. The molecular formula is C31H28N2O2S. The van der Waals surface area contributed by atoms with E-state index < -0.39 is 0 Å². The summed E-state index contributed by atoms with van der Waals surface area (Å²) in [4.78, 5) is 19.7. The van der Waals surface area contributed by atoms with Crippen LogP contribution in [0.3, 0.4) is 0 Å². The van der Waals surface area contributed by atoms with Gasteiger partial charge in [0.1, 0.15) is 5.75 Å². The minimum Gasteiger partial charge on any atom is -0.497 e. The number of hydrogen-bond acceptors (Lipinski definition) is 4. The van der Waals surface area contributed by atoms with Gasteiger partial charge >= 0.3 is 0 Å². The van der Waals surface area contributed by atoms with Crippen LogP contribution in [0.1, 0.15) is 60.0 Å². The van der Waals surface area contributed by atoms with Crippen LogP contribution in [0.5, 0.6) is 5.75 Å². The standard InChI is InChI=1S/C31H28N2O2S/c1-19(2)21-10-8-20(9-11-21)18-27-30(34)33-29(23-12-15-24(35-3)16-13-23)26-17-14-22-6-4-5-7-25(22)28(26)32-31(33)36-27/h4-13,15-16,18-19,29H,14,17H2,1-3H3/b27-18-. The Kier molecular flexibility index (Phi) is 5.73. The zero-order valence-corrected chi connectivity index (χ0v) is 21.5. The first-order valence-corrected chi connectivity index (χ1v) is 13.2. The molecule has 5 heteroatoms. The van der Waals surface area contributed by atoms with Gasteiger partial charge in [0, 0.05) is 5.56 Å². The molecule has 1 unspecified atom stereocenters. The summed E-state index contributed by atoms with van der Waals surface area (Å²) in [5.41, 5.74) is 8.13. The fourth-order valence-corrected chi connectivity index (χ4v) is 6.24. The van der Waals surface area contributed by atoms with Gasteiger partial charge in [-0.3, -0.25) is 9.36 Å². The Morgan fingerprint density at radius 2 is 1.75 bits per heavy atom.